The van der Waals surface area contributed by atoms with Crippen LogP contribution in [0.1, 0.15) is 54.7 Å². The highest BCUT2D eigenvalue weighted by Gasteiger charge is 2.33. The zero-order valence-electron chi connectivity index (χ0n) is 15.8. The van der Waals surface area contributed by atoms with Crippen LogP contribution in [0, 0.1) is 6.92 Å². The third-order valence-electron chi connectivity index (χ3n) is 5.40. The normalized spacial score (nSPS) is 23.5. The van der Waals surface area contributed by atoms with Crippen LogP contribution in [0.25, 0.3) is 0 Å². The number of carbonyl (C=O) groups is 2. The summed E-state index contributed by atoms with van der Waals surface area (Å²) in [5.41, 5.74) is 0. The molecule has 0 aromatic carbocycles. The van der Waals surface area contributed by atoms with Gasteiger partial charge in [0.05, 0.1) is 6.04 Å². The lowest BCUT2D eigenvalue weighted by Gasteiger charge is -2.30. The first-order valence-corrected chi connectivity index (χ1v) is 10.8. The Hall–Kier alpha value is -1.40. The molecule has 3 rings (SSSR count). The van der Waals surface area contributed by atoms with Crippen molar-refractivity contribution in [2.45, 2.75) is 64.5 Å². The topological polar surface area (TPSA) is 52.7 Å². The number of nitrogens with zero attached hydrogens (tertiary/aromatic N) is 2. The highest BCUT2D eigenvalue weighted by atomic mass is 32.1. The smallest absolute Gasteiger partial charge is 0.239 e. The van der Waals surface area contributed by atoms with Gasteiger partial charge in [-0.3, -0.25) is 14.5 Å². The average Bonchev–Trinajstić information content (AvgIpc) is 3.23. The fourth-order valence-electron chi connectivity index (χ4n) is 3.94. The maximum Gasteiger partial charge on any atom is 0.239 e. The summed E-state index contributed by atoms with van der Waals surface area (Å²) in [7, 11) is 0. The zero-order valence-corrected chi connectivity index (χ0v) is 16.7. The number of thiophene rings is 1. The SMILES string of the molecule is Cc1ccc(CN2CCC[C@H]2C(=O)N2CCCCCCNC(=O)CC2)s1. The largest absolute Gasteiger partial charge is 0.356 e. The molecular weight excluding hydrogens is 346 g/mol. The molecule has 2 aliphatic rings. The van der Waals surface area contributed by atoms with E-state index in [9.17, 15) is 9.59 Å². The fourth-order valence-corrected chi connectivity index (χ4v) is 4.86. The van der Waals surface area contributed by atoms with Gasteiger partial charge in [-0.2, -0.15) is 0 Å². The van der Waals surface area contributed by atoms with Crippen LogP contribution < -0.4 is 5.32 Å². The van der Waals surface area contributed by atoms with E-state index in [1.54, 1.807) is 0 Å². The zero-order chi connectivity index (χ0) is 18.4. The van der Waals surface area contributed by atoms with Gasteiger partial charge in [-0.05, 0) is 51.3 Å². The molecule has 0 unspecified atom stereocenters. The number of likely N-dealkylation sites (tertiary alicyclic amines) is 1. The van der Waals surface area contributed by atoms with Crippen molar-refractivity contribution in [3.8, 4) is 0 Å². The number of hydrogen-bond acceptors (Lipinski definition) is 4. The van der Waals surface area contributed by atoms with Crippen molar-refractivity contribution in [2.75, 3.05) is 26.2 Å². The molecule has 0 saturated carbocycles. The lowest BCUT2D eigenvalue weighted by molar-refractivity contribution is -0.136. The maximum absolute atomic E-state index is 13.2. The third-order valence-corrected chi connectivity index (χ3v) is 6.39. The van der Waals surface area contributed by atoms with E-state index in [1.807, 2.05) is 16.2 Å². The summed E-state index contributed by atoms with van der Waals surface area (Å²) in [4.78, 5) is 32.1. The van der Waals surface area contributed by atoms with E-state index in [-0.39, 0.29) is 17.9 Å². The lowest BCUT2D eigenvalue weighted by Crippen LogP contribution is -2.46. The van der Waals surface area contributed by atoms with Crippen molar-refractivity contribution < 1.29 is 9.59 Å². The summed E-state index contributed by atoms with van der Waals surface area (Å²) in [6, 6.07) is 4.31. The van der Waals surface area contributed by atoms with Crippen LogP contribution in [0.15, 0.2) is 12.1 Å². The number of amides is 2. The molecule has 0 aliphatic carbocycles. The van der Waals surface area contributed by atoms with Gasteiger partial charge in [0.2, 0.25) is 11.8 Å². The Morgan fingerprint density at radius 2 is 2.00 bits per heavy atom. The molecule has 2 amide bonds. The maximum atomic E-state index is 13.2. The van der Waals surface area contributed by atoms with E-state index in [0.717, 1.165) is 64.7 Å². The van der Waals surface area contributed by atoms with Crippen molar-refractivity contribution in [3.63, 3.8) is 0 Å². The van der Waals surface area contributed by atoms with Crippen molar-refractivity contribution in [3.05, 3.63) is 21.9 Å². The molecule has 3 heterocycles. The van der Waals surface area contributed by atoms with Gasteiger partial charge in [-0.25, -0.2) is 0 Å². The van der Waals surface area contributed by atoms with Crippen LogP contribution in [-0.4, -0.2) is 53.8 Å². The highest BCUT2D eigenvalue weighted by molar-refractivity contribution is 7.11. The average molecular weight is 378 g/mol. The second-order valence-corrected chi connectivity index (χ2v) is 8.85. The Bertz CT molecular complexity index is 616. The third kappa shape index (κ3) is 5.30. The summed E-state index contributed by atoms with van der Waals surface area (Å²) in [6.45, 7) is 6.08. The molecule has 26 heavy (non-hydrogen) atoms. The summed E-state index contributed by atoms with van der Waals surface area (Å²) >= 11 is 1.82. The first kappa shape index (κ1) is 19.4. The molecule has 2 aliphatic heterocycles. The number of nitrogens with one attached hydrogen (secondary N) is 1. The molecule has 2 fully saturated rings. The molecule has 2 saturated heterocycles. The molecule has 1 aromatic rings. The molecular formula is C20H31N3O2S. The van der Waals surface area contributed by atoms with Crippen molar-refractivity contribution in [2.24, 2.45) is 0 Å². The molecule has 5 nitrogen and oxygen atoms in total. The molecule has 1 aromatic heterocycles. The Labute approximate surface area is 160 Å². The predicted molar refractivity (Wildman–Crippen MR) is 105 cm³/mol. The summed E-state index contributed by atoms with van der Waals surface area (Å²) < 4.78 is 0. The van der Waals surface area contributed by atoms with Gasteiger partial charge in [0.25, 0.3) is 0 Å². The molecule has 1 atom stereocenters. The second kappa shape index (κ2) is 9.51. The van der Waals surface area contributed by atoms with E-state index in [4.69, 9.17) is 0 Å². The van der Waals surface area contributed by atoms with Crippen LogP contribution in [0.2, 0.25) is 0 Å². The number of hydrogen-bond donors (Lipinski definition) is 1. The van der Waals surface area contributed by atoms with E-state index < -0.39 is 0 Å². The van der Waals surface area contributed by atoms with Crippen LogP contribution in [0.4, 0.5) is 0 Å². The Balaban J connectivity index is 1.62. The van der Waals surface area contributed by atoms with E-state index >= 15 is 0 Å². The monoisotopic (exact) mass is 377 g/mol. The van der Waals surface area contributed by atoms with Gasteiger partial charge in [0.1, 0.15) is 0 Å². The summed E-state index contributed by atoms with van der Waals surface area (Å²) in [6.07, 6.45) is 6.76. The van der Waals surface area contributed by atoms with E-state index in [0.29, 0.717) is 13.0 Å². The van der Waals surface area contributed by atoms with Crippen molar-refractivity contribution in [1.29, 1.82) is 0 Å². The molecule has 0 bridgehead atoms. The van der Waals surface area contributed by atoms with Gasteiger partial charge in [0, 0.05) is 42.4 Å². The van der Waals surface area contributed by atoms with Crippen molar-refractivity contribution in [1.82, 2.24) is 15.1 Å². The number of rotatable bonds is 3. The predicted octanol–water partition coefficient (Wildman–Crippen LogP) is 2.93. The Kier molecular flexibility index (Phi) is 7.08. The van der Waals surface area contributed by atoms with Gasteiger partial charge >= 0.3 is 0 Å². The first-order valence-electron chi connectivity index (χ1n) is 9.98. The quantitative estimate of drug-likeness (QED) is 0.881. The minimum Gasteiger partial charge on any atom is -0.356 e. The molecule has 1 N–H and O–H groups in total. The highest BCUT2D eigenvalue weighted by Crippen LogP contribution is 2.25. The number of aryl methyl sites for hydroxylation is 1. The molecule has 0 radical (unpaired) electrons. The molecule has 144 valence electrons. The van der Waals surface area contributed by atoms with E-state index in [2.05, 4.69) is 29.3 Å². The van der Waals surface area contributed by atoms with Crippen LogP contribution in [0.3, 0.4) is 0 Å². The van der Waals surface area contributed by atoms with Gasteiger partial charge in [0.15, 0.2) is 0 Å². The van der Waals surface area contributed by atoms with Gasteiger partial charge < -0.3 is 10.2 Å². The Morgan fingerprint density at radius 3 is 2.81 bits per heavy atom. The van der Waals surface area contributed by atoms with Crippen LogP contribution in [0.5, 0.6) is 0 Å². The lowest BCUT2D eigenvalue weighted by atomic mass is 10.1. The minimum atomic E-state index is -0.0226. The second-order valence-electron chi connectivity index (χ2n) is 7.48. The van der Waals surface area contributed by atoms with Crippen molar-refractivity contribution >= 4 is 23.2 Å². The van der Waals surface area contributed by atoms with Crippen LogP contribution >= 0.6 is 11.3 Å². The van der Waals surface area contributed by atoms with Gasteiger partial charge in [-0.15, -0.1) is 11.3 Å². The first-order chi connectivity index (χ1) is 12.6. The minimum absolute atomic E-state index is 0.0226. The van der Waals surface area contributed by atoms with E-state index in [1.165, 1.54) is 9.75 Å². The van der Waals surface area contributed by atoms with Gasteiger partial charge in [-0.1, -0.05) is 12.8 Å². The standard InChI is InChI=1S/C20H31N3O2S/c1-16-8-9-17(26-16)15-23-13-6-7-18(23)20(25)22-12-5-3-2-4-11-21-19(24)10-14-22/h8-9,18H,2-7,10-15H2,1H3,(H,21,24)/t18-/m0/s1. The van der Waals surface area contributed by atoms with Crippen LogP contribution in [-0.2, 0) is 16.1 Å². The Morgan fingerprint density at radius 1 is 1.15 bits per heavy atom. The summed E-state index contributed by atoms with van der Waals surface area (Å²) in [5.74, 6) is 0.296. The number of carbonyl (C=O) groups excluding carboxylic acids is 2. The fraction of sp³-hybridized carbons (Fsp3) is 0.700. The summed E-state index contributed by atoms with van der Waals surface area (Å²) in [5, 5.41) is 2.97. The molecule has 0 spiro atoms. The molecule has 6 heteroatoms.